The van der Waals surface area contributed by atoms with E-state index in [1.54, 1.807) is 0 Å². The van der Waals surface area contributed by atoms with Crippen molar-refractivity contribution < 1.29 is 0 Å². The smallest absolute Gasteiger partial charge is 0.00965 e. The van der Waals surface area contributed by atoms with E-state index in [1.165, 1.54) is 38.6 Å². The predicted molar refractivity (Wildman–Crippen MR) is 56.7 cm³/mol. The molecule has 2 aliphatic rings. The molecule has 0 bridgehead atoms. The maximum atomic E-state index is 3.70. The van der Waals surface area contributed by atoms with Gasteiger partial charge in [-0.2, -0.15) is 0 Å². The van der Waals surface area contributed by atoms with Gasteiger partial charge in [-0.15, -0.1) is 0 Å². The largest absolute Gasteiger partial charge is 0.313 e. The third kappa shape index (κ3) is 2.70. The summed E-state index contributed by atoms with van der Waals surface area (Å²) in [6, 6.07) is 0.872. The zero-order valence-corrected chi connectivity index (χ0v) is 9.05. The fourth-order valence-corrected chi connectivity index (χ4v) is 2.67. The molecule has 4 unspecified atom stereocenters. The fourth-order valence-electron chi connectivity index (χ4n) is 2.67. The third-order valence-electron chi connectivity index (χ3n) is 3.82. The van der Waals surface area contributed by atoms with Crippen LogP contribution < -0.4 is 5.32 Å². The molecule has 0 radical (unpaired) electrons. The minimum atomic E-state index is 0.872. The number of hydrogen-bond acceptors (Lipinski definition) is 1. The maximum Gasteiger partial charge on any atom is 0.00965 e. The molecule has 76 valence electrons. The number of rotatable bonds is 3. The topological polar surface area (TPSA) is 12.0 Å². The molecule has 0 aliphatic heterocycles. The van der Waals surface area contributed by atoms with Gasteiger partial charge >= 0.3 is 0 Å². The number of nitrogens with one attached hydrogen (secondary N) is 1. The molecule has 2 fully saturated rings. The van der Waals surface area contributed by atoms with Crippen LogP contribution in [-0.4, -0.2) is 12.6 Å². The van der Waals surface area contributed by atoms with E-state index in [2.05, 4.69) is 19.2 Å². The molecule has 2 rings (SSSR count). The van der Waals surface area contributed by atoms with Gasteiger partial charge in [-0.3, -0.25) is 0 Å². The van der Waals surface area contributed by atoms with Gasteiger partial charge < -0.3 is 5.32 Å². The Balaban J connectivity index is 1.63. The van der Waals surface area contributed by atoms with Crippen molar-refractivity contribution in [3.05, 3.63) is 0 Å². The van der Waals surface area contributed by atoms with Crippen LogP contribution in [0.2, 0.25) is 0 Å². The summed E-state index contributed by atoms with van der Waals surface area (Å²) in [7, 11) is 0. The Kier molecular flexibility index (Phi) is 2.92. The molecule has 1 N–H and O–H groups in total. The first kappa shape index (κ1) is 9.51. The number of hydrogen-bond donors (Lipinski definition) is 1. The lowest BCUT2D eigenvalue weighted by Crippen LogP contribution is -2.28. The van der Waals surface area contributed by atoms with Gasteiger partial charge in [0.25, 0.3) is 0 Å². The predicted octanol–water partition coefficient (Wildman–Crippen LogP) is 2.81. The lowest BCUT2D eigenvalue weighted by atomic mass is 9.82. The molecule has 0 heterocycles. The molecule has 4 atom stereocenters. The fraction of sp³-hybridized carbons (Fsp3) is 1.00. The van der Waals surface area contributed by atoms with Crippen LogP contribution in [0.5, 0.6) is 0 Å². The van der Waals surface area contributed by atoms with Crippen LogP contribution in [0.1, 0.15) is 46.0 Å². The second-order valence-corrected chi connectivity index (χ2v) is 5.37. The van der Waals surface area contributed by atoms with Crippen molar-refractivity contribution in [1.82, 2.24) is 5.32 Å². The summed E-state index contributed by atoms with van der Waals surface area (Å²) in [6.07, 6.45) is 7.29. The van der Waals surface area contributed by atoms with Crippen LogP contribution in [0.3, 0.4) is 0 Å². The Morgan fingerprint density at radius 2 is 1.92 bits per heavy atom. The highest BCUT2D eigenvalue weighted by Gasteiger charge is 2.32. The molecule has 1 nitrogen and oxygen atoms in total. The molecule has 2 saturated carbocycles. The zero-order chi connectivity index (χ0) is 9.26. The average Bonchev–Trinajstić information content (AvgIpc) is 2.79. The van der Waals surface area contributed by atoms with Gasteiger partial charge in [0.05, 0.1) is 0 Å². The second-order valence-electron chi connectivity index (χ2n) is 5.37. The van der Waals surface area contributed by atoms with Crippen molar-refractivity contribution in [2.24, 2.45) is 17.8 Å². The summed E-state index contributed by atoms with van der Waals surface area (Å²) in [4.78, 5) is 0. The molecule has 0 aromatic rings. The van der Waals surface area contributed by atoms with Gasteiger partial charge in [0.2, 0.25) is 0 Å². The second kappa shape index (κ2) is 4.00. The Morgan fingerprint density at radius 3 is 2.54 bits per heavy atom. The highest BCUT2D eigenvalue weighted by molar-refractivity contribution is 4.90. The van der Waals surface area contributed by atoms with Crippen molar-refractivity contribution in [3.8, 4) is 0 Å². The first-order valence-electron chi connectivity index (χ1n) is 5.99. The zero-order valence-electron chi connectivity index (χ0n) is 9.05. The molecule has 0 saturated heterocycles. The standard InChI is InChI=1S/C12H23N/c1-9-4-3-5-11(6-9)8-13-12-7-10(12)2/h9-13H,3-8H2,1-2H3. The van der Waals surface area contributed by atoms with Gasteiger partial charge in [-0.05, 0) is 43.6 Å². The quantitative estimate of drug-likeness (QED) is 0.706. The summed E-state index contributed by atoms with van der Waals surface area (Å²) in [5.41, 5.74) is 0. The van der Waals surface area contributed by atoms with Crippen molar-refractivity contribution >= 4 is 0 Å². The van der Waals surface area contributed by atoms with E-state index >= 15 is 0 Å². The summed E-state index contributed by atoms with van der Waals surface area (Å²) < 4.78 is 0. The minimum Gasteiger partial charge on any atom is -0.313 e. The van der Waals surface area contributed by atoms with E-state index in [9.17, 15) is 0 Å². The van der Waals surface area contributed by atoms with Crippen LogP contribution in [0.25, 0.3) is 0 Å². The first-order valence-corrected chi connectivity index (χ1v) is 5.99. The molecular weight excluding hydrogens is 158 g/mol. The maximum absolute atomic E-state index is 3.70. The van der Waals surface area contributed by atoms with E-state index in [4.69, 9.17) is 0 Å². The van der Waals surface area contributed by atoms with Crippen molar-refractivity contribution in [2.75, 3.05) is 6.54 Å². The normalized spacial score (nSPS) is 44.8. The lowest BCUT2D eigenvalue weighted by Gasteiger charge is -2.26. The van der Waals surface area contributed by atoms with Crippen molar-refractivity contribution in [2.45, 2.75) is 52.0 Å². The third-order valence-corrected chi connectivity index (χ3v) is 3.82. The van der Waals surface area contributed by atoms with E-state index in [-0.39, 0.29) is 0 Å². The van der Waals surface area contributed by atoms with Crippen molar-refractivity contribution in [1.29, 1.82) is 0 Å². The average molecular weight is 181 g/mol. The summed E-state index contributed by atoms with van der Waals surface area (Å²) >= 11 is 0. The molecule has 2 aliphatic carbocycles. The van der Waals surface area contributed by atoms with Gasteiger partial charge in [0.15, 0.2) is 0 Å². The van der Waals surface area contributed by atoms with Crippen LogP contribution in [0.4, 0.5) is 0 Å². The van der Waals surface area contributed by atoms with Crippen LogP contribution in [-0.2, 0) is 0 Å². The Morgan fingerprint density at radius 1 is 1.15 bits per heavy atom. The van der Waals surface area contributed by atoms with Crippen LogP contribution in [0, 0.1) is 17.8 Å². The van der Waals surface area contributed by atoms with E-state index in [0.29, 0.717) is 0 Å². The van der Waals surface area contributed by atoms with Crippen molar-refractivity contribution in [3.63, 3.8) is 0 Å². The highest BCUT2D eigenvalue weighted by Crippen LogP contribution is 2.31. The van der Waals surface area contributed by atoms with E-state index < -0.39 is 0 Å². The molecular formula is C12H23N. The SMILES string of the molecule is CC1CCCC(CNC2CC2C)C1. The monoisotopic (exact) mass is 181 g/mol. The van der Waals surface area contributed by atoms with Gasteiger partial charge in [-0.1, -0.05) is 26.7 Å². The molecule has 0 aromatic carbocycles. The highest BCUT2D eigenvalue weighted by atomic mass is 15.0. The minimum absolute atomic E-state index is 0.872. The van der Waals surface area contributed by atoms with E-state index in [1.807, 2.05) is 0 Å². The molecule has 0 amide bonds. The van der Waals surface area contributed by atoms with Crippen LogP contribution >= 0.6 is 0 Å². The van der Waals surface area contributed by atoms with Gasteiger partial charge in [-0.25, -0.2) is 0 Å². The van der Waals surface area contributed by atoms with Crippen LogP contribution in [0.15, 0.2) is 0 Å². The Bertz CT molecular complexity index is 167. The van der Waals surface area contributed by atoms with Gasteiger partial charge in [0, 0.05) is 6.04 Å². The first-order chi connectivity index (χ1) is 6.25. The Hall–Kier alpha value is -0.0400. The lowest BCUT2D eigenvalue weighted by molar-refractivity contribution is 0.273. The van der Waals surface area contributed by atoms with Gasteiger partial charge in [0.1, 0.15) is 0 Å². The van der Waals surface area contributed by atoms with E-state index in [0.717, 1.165) is 23.8 Å². The molecule has 1 heteroatoms. The molecule has 0 spiro atoms. The summed E-state index contributed by atoms with van der Waals surface area (Å²) in [5.74, 6) is 2.93. The Labute approximate surface area is 82.3 Å². The summed E-state index contributed by atoms with van der Waals surface area (Å²) in [5, 5.41) is 3.70. The molecule has 13 heavy (non-hydrogen) atoms. The molecule has 0 aromatic heterocycles. The summed E-state index contributed by atoms with van der Waals surface area (Å²) in [6.45, 7) is 6.05.